The fourth-order valence-electron chi connectivity index (χ4n) is 3.20. The number of nitriles is 1. The largest absolute Gasteiger partial charge is 0.323 e. The molecule has 0 saturated carbocycles. The van der Waals surface area contributed by atoms with E-state index in [-0.39, 0.29) is 11.8 Å². The molecular formula is C23H26N4O. The molecule has 0 bridgehead atoms. The first-order valence-corrected chi connectivity index (χ1v) is 9.42. The third kappa shape index (κ3) is 6.03. The van der Waals surface area contributed by atoms with E-state index < -0.39 is 0 Å². The van der Waals surface area contributed by atoms with Crippen molar-refractivity contribution in [1.29, 1.82) is 5.26 Å². The Balaban J connectivity index is 0.000000221. The van der Waals surface area contributed by atoms with Crippen molar-refractivity contribution in [2.45, 2.75) is 38.8 Å². The Morgan fingerprint density at radius 2 is 1.93 bits per heavy atom. The summed E-state index contributed by atoms with van der Waals surface area (Å²) in [5, 5.41) is 8.74. The number of Topliss-reactive ketones (excluding diaryl/α,β-unsaturated/α-hetero) is 1. The summed E-state index contributed by atoms with van der Waals surface area (Å²) < 4.78 is 0. The van der Waals surface area contributed by atoms with Crippen LogP contribution in [0, 0.1) is 17.9 Å². The lowest BCUT2D eigenvalue weighted by atomic mass is 10.1. The van der Waals surface area contributed by atoms with E-state index in [4.69, 9.17) is 17.6 Å². The number of nitrogens with zero attached hydrogens (tertiary/aromatic N) is 3. The zero-order valence-electron chi connectivity index (χ0n) is 16.4. The van der Waals surface area contributed by atoms with Crippen molar-refractivity contribution >= 4 is 11.5 Å². The van der Waals surface area contributed by atoms with E-state index in [0.29, 0.717) is 22.9 Å². The van der Waals surface area contributed by atoms with E-state index in [1.165, 1.54) is 19.8 Å². The van der Waals surface area contributed by atoms with Gasteiger partial charge in [-0.1, -0.05) is 36.4 Å². The standard InChI is InChI=1S/C14H19N3.C9H7NO/c1-11-3-2-8-17(11)10-14(16)13-6-4-12(9-15)5-7-13;1-7(11)8-3-5-9(10-2)6-4-8/h4-7,11,14H,2-3,8,10,16H2,1H3;3-6H,1H3/t11?,14-;/m1./s1. The number of nitrogens with two attached hydrogens (primary N) is 1. The average Bonchev–Trinajstić information content (AvgIpc) is 3.13. The fraction of sp³-hybridized carbons (Fsp3) is 0.348. The van der Waals surface area contributed by atoms with Gasteiger partial charge in [-0.15, -0.1) is 0 Å². The number of carbonyl (C=O) groups excluding carboxylic acids is 1. The van der Waals surface area contributed by atoms with Crippen LogP contribution in [0.2, 0.25) is 0 Å². The molecule has 0 aliphatic carbocycles. The molecule has 1 heterocycles. The number of hydrogen-bond acceptors (Lipinski definition) is 4. The van der Waals surface area contributed by atoms with Crippen molar-refractivity contribution in [3.8, 4) is 6.07 Å². The van der Waals surface area contributed by atoms with Crippen LogP contribution >= 0.6 is 0 Å². The topological polar surface area (TPSA) is 74.5 Å². The molecule has 1 aliphatic rings. The van der Waals surface area contributed by atoms with Crippen LogP contribution < -0.4 is 5.73 Å². The molecule has 28 heavy (non-hydrogen) atoms. The zero-order chi connectivity index (χ0) is 20.5. The minimum absolute atomic E-state index is 0.0292. The van der Waals surface area contributed by atoms with Crippen LogP contribution in [-0.2, 0) is 0 Å². The van der Waals surface area contributed by atoms with Crippen molar-refractivity contribution in [2.75, 3.05) is 13.1 Å². The highest BCUT2D eigenvalue weighted by atomic mass is 16.1. The van der Waals surface area contributed by atoms with E-state index in [1.807, 2.05) is 24.3 Å². The summed E-state index contributed by atoms with van der Waals surface area (Å²) in [5.74, 6) is 0.0292. The van der Waals surface area contributed by atoms with Gasteiger partial charge in [0.1, 0.15) is 0 Å². The molecule has 144 valence electrons. The number of likely N-dealkylation sites (tertiary alicyclic amines) is 1. The minimum atomic E-state index is 0.0292. The molecule has 3 rings (SSSR count). The predicted octanol–water partition coefficient (Wildman–Crippen LogP) is 4.48. The first-order chi connectivity index (χ1) is 13.4. The summed E-state index contributed by atoms with van der Waals surface area (Å²) >= 11 is 0. The van der Waals surface area contributed by atoms with Crippen LogP contribution in [0.15, 0.2) is 48.5 Å². The van der Waals surface area contributed by atoms with Gasteiger partial charge in [-0.3, -0.25) is 9.69 Å². The normalized spacial score (nSPS) is 17.0. The third-order valence-corrected chi connectivity index (χ3v) is 4.99. The Hall–Kier alpha value is -2.99. The van der Waals surface area contributed by atoms with E-state index in [0.717, 1.165) is 18.7 Å². The molecule has 0 aromatic heterocycles. The van der Waals surface area contributed by atoms with Gasteiger partial charge in [0.05, 0.1) is 18.2 Å². The molecule has 0 radical (unpaired) electrons. The first-order valence-electron chi connectivity index (χ1n) is 9.42. The lowest BCUT2D eigenvalue weighted by Crippen LogP contribution is -2.34. The van der Waals surface area contributed by atoms with Crippen LogP contribution in [0.5, 0.6) is 0 Å². The van der Waals surface area contributed by atoms with Gasteiger partial charge in [0, 0.05) is 24.2 Å². The molecule has 1 aliphatic heterocycles. The lowest BCUT2D eigenvalue weighted by molar-refractivity contribution is 0.101. The fourth-order valence-corrected chi connectivity index (χ4v) is 3.20. The Morgan fingerprint density at radius 1 is 1.29 bits per heavy atom. The van der Waals surface area contributed by atoms with Gasteiger partial charge >= 0.3 is 0 Å². The first kappa shape index (κ1) is 21.3. The van der Waals surface area contributed by atoms with Crippen LogP contribution in [-0.4, -0.2) is 29.8 Å². The molecule has 2 aromatic rings. The third-order valence-electron chi connectivity index (χ3n) is 4.99. The number of ketones is 1. The van der Waals surface area contributed by atoms with Crippen molar-refractivity contribution in [3.63, 3.8) is 0 Å². The maximum atomic E-state index is 10.8. The van der Waals surface area contributed by atoms with Gasteiger partial charge in [0.25, 0.3) is 0 Å². The number of carbonyl (C=O) groups is 1. The number of hydrogen-bond donors (Lipinski definition) is 1. The number of benzene rings is 2. The van der Waals surface area contributed by atoms with Gasteiger partial charge in [-0.25, -0.2) is 4.85 Å². The van der Waals surface area contributed by atoms with E-state index in [9.17, 15) is 4.79 Å². The highest BCUT2D eigenvalue weighted by Crippen LogP contribution is 2.20. The van der Waals surface area contributed by atoms with Crippen molar-refractivity contribution in [1.82, 2.24) is 4.90 Å². The van der Waals surface area contributed by atoms with Gasteiger partial charge in [0.15, 0.2) is 11.5 Å². The van der Waals surface area contributed by atoms with Gasteiger partial charge in [-0.05, 0) is 50.9 Å². The Labute approximate surface area is 167 Å². The molecule has 0 spiro atoms. The number of rotatable bonds is 4. The van der Waals surface area contributed by atoms with Crippen LogP contribution in [0.3, 0.4) is 0 Å². The predicted molar refractivity (Wildman–Crippen MR) is 111 cm³/mol. The van der Waals surface area contributed by atoms with E-state index in [1.54, 1.807) is 24.3 Å². The molecule has 5 nitrogen and oxygen atoms in total. The molecule has 1 fully saturated rings. The minimum Gasteiger partial charge on any atom is -0.323 e. The van der Waals surface area contributed by atoms with Crippen LogP contribution in [0.25, 0.3) is 4.85 Å². The monoisotopic (exact) mass is 374 g/mol. The van der Waals surface area contributed by atoms with Gasteiger partial charge in [0.2, 0.25) is 0 Å². The molecule has 2 aromatic carbocycles. The zero-order valence-corrected chi connectivity index (χ0v) is 16.4. The van der Waals surface area contributed by atoms with Crippen LogP contribution in [0.4, 0.5) is 5.69 Å². The quantitative estimate of drug-likeness (QED) is 0.632. The lowest BCUT2D eigenvalue weighted by Gasteiger charge is -2.24. The maximum Gasteiger partial charge on any atom is 0.187 e. The molecular weight excluding hydrogens is 348 g/mol. The molecule has 5 heteroatoms. The highest BCUT2D eigenvalue weighted by molar-refractivity contribution is 5.94. The Kier molecular flexibility index (Phi) is 7.89. The molecule has 1 saturated heterocycles. The van der Waals surface area contributed by atoms with E-state index in [2.05, 4.69) is 22.7 Å². The Morgan fingerprint density at radius 3 is 2.39 bits per heavy atom. The van der Waals surface area contributed by atoms with Crippen LogP contribution in [0.1, 0.15) is 54.2 Å². The highest BCUT2D eigenvalue weighted by Gasteiger charge is 2.22. The average molecular weight is 374 g/mol. The molecule has 1 unspecified atom stereocenters. The summed E-state index contributed by atoms with van der Waals surface area (Å²) in [7, 11) is 0. The smallest absolute Gasteiger partial charge is 0.187 e. The van der Waals surface area contributed by atoms with Crippen molar-refractivity contribution in [3.05, 3.63) is 76.6 Å². The van der Waals surface area contributed by atoms with Crippen molar-refractivity contribution in [2.24, 2.45) is 5.73 Å². The van der Waals surface area contributed by atoms with Crippen molar-refractivity contribution < 1.29 is 4.79 Å². The molecule has 2 N–H and O–H groups in total. The Bertz CT molecular complexity index is 859. The maximum absolute atomic E-state index is 10.8. The second-order valence-electron chi connectivity index (χ2n) is 7.04. The van der Waals surface area contributed by atoms with E-state index >= 15 is 0 Å². The van der Waals surface area contributed by atoms with Gasteiger partial charge in [-0.2, -0.15) is 5.26 Å². The van der Waals surface area contributed by atoms with Gasteiger partial charge < -0.3 is 5.73 Å². The summed E-state index contributed by atoms with van der Waals surface area (Å²) in [6, 6.07) is 17.0. The summed E-state index contributed by atoms with van der Waals surface area (Å²) in [5.41, 5.74) is 9.22. The second-order valence-corrected chi connectivity index (χ2v) is 7.04. The SMILES string of the molecule is CC1CCCN1C[C@@H](N)c1ccc(C#N)cc1.[C-]#[N+]c1ccc(C(C)=O)cc1. The summed E-state index contributed by atoms with van der Waals surface area (Å²) in [4.78, 5) is 16.4. The molecule has 2 atom stereocenters. The second kappa shape index (κ2) is 10.4. The summed E-state index contributed by atoms with van der Waals surface area (Å²) in [6.45, 7) is 12.5. The summed E-state index contributed by atoms with van der Waals surface area (Å²) in [6.07, 6.45) is 2.56. The molecule has 0 amide bonds.